The Morgan fingerprint density at radius 3 is 2.47 bits per heavy atom. The fourth-order valence-corrected chi connectivity index (χ4v) is 3.57. The van der Waals surface area contributed by atoms with E-state index in [1.165, 1.54) is 6.20 Å². The lowest BCUT2D eigenvalue weighted by molar-refractivity contribution is 0.344. The van der Waals surface area contributed by atoms with Crippen LogP contribution in [0.25, 0.3) is 0 Å². The Bertz CT molecular complexity index is 516. The predicted octanol–water partition coefficient (Wildman–Crippen LogP) is 0.770. The molecule has 0 aliphatic rings. The lowest BCUT2D eigenvalue weighted by Crippen LogP contribution is -2.52. The van der Waals surface area contributed by atoms with Crippen molar-refractivity contribution in [1.82, 2.24) is 14.3 Å². The van der Waals surface area contributed by atoms with Crippen molar-refractivity contribution < 1.29 is 8.42 Å². The molecule has 6 nitrogen and oxygen atoms in total. The van der Waals surface area contributed by atoms with Crippen LogP contribution in [0.4, 0.5) is 0 Å². The first-order chi connectivity index (χ1) is 8.59. The molecule has 3 N–H and O–H groups in total. The van der Waals surface area contributed by atoms with Gasteiger partial charge in [-0.05, 0) is 26.2 Å². The summed E-state index contributed by atoms with van der Waals surface area (Å²) in [4.78, 5) is 4.05. The highest BCUT2D eigenvalue weighted by Gasteiger charge is 2.31. The van der Waals surface area contributed by atoms with Crippen LogP contribution in [-0.2, 0) is 17.1 Å². The van der Waals surface area contributed by atoms with Gasteiger partial charge in [-0.2, -0.15) is 0 Å². The van der Waals surface area contributed by atoms with E-state index >= 15 is 0 Å². The summed E-state index contributed by atoms with van der Waals surface area (Å²) in [5.74, 6) is 1.00. The number of hydrogen-bond donors (Lipinski definition) is 2. The van der Waals surface area contributed by atoms with E-state index in [0.29, 0.717) is 18.2 Å². The first-order valence-corrected chi connectivity index (χ1v) is 7.82. The molecule has 7 heteroatoms. The maximum atomic E-state index is 12.3. The zero-order valence-corrected chi connectivity index (χ0v) is 13.1. The molecule has 0 amide bonds. The SMILES string of the molecule is Cc1nc(S(=O)(=O)NC(C)(CN)CC(C)C)cn1C. The Morgan fingerprint density at radius 1 is 1.53 bits per heavy atom. The quantitative estimate of drug-likeness (QED) is 0.809. The highest BCUT2D eigenvalue weighted by Crippen LogP contribution is 2.19. The van der Waals surface area contributed by atoms with Crippen molar-refractivity contribution in [2.45, 2.75) is 44.7 Å². The smallest absolute Gasteiger partial charge is 0.260 e. The van der Waals surface area contributed by atoms with E-state index < -0.39 is 15.6 Å². The molecule has 0 bridgehead atoms. The van der Waals surface area contributed by atoms with Gasteiger partial charge in [0.2, 0.25) is 0 Å². The highest BCUT2D eigenvalue weighted by atomic mass is 32.2. The number of nitrogens with zero attached hydrogens (tertiary/aromatic N) is 2. The van der Waals surface area contributed by atoms with Crippen LogP contribution in [-0.4, -0.2) is 30.1 Å². The number of aromatic nitrogens is 2. The molecule has 0 aliphatic carbocycles. The normalized spacial score (nSPS) is 15.7. The summed E-state index contributed by atoms with van der Waals surface area (Å²) in [6, 6.07) is 0. The Balaban J connectivity index is 3.01. The monoisotopic (exact) mass is 288 g/mol. The number of imidazole rings is 1. The average molecular weight is 288 g/mol. The van der Waals surface area contributed by atoms with Crippen molar-refractivity contribution in [2.75, 3.05) is 6.54 Å². The van der Waals surface area contributed by atoms with E-state index in [-0.39, 0.29) is 11.6 Å². The number of sulfonamides is 1. The first-order valence-electron chi connectivity index (χ1n) is 6.33. The van der Waals surface area contributed by atoms with Crippen LogP contribution in [0.1, 0.15) is 33.0 Å². The van der Waals surface area contributed by atoms with Gasteiger partial charge in [-0.25, -0.2) is 18.1 Å². The second-order valence-corrected chi connectivity index (χ2v) is 7.33. The summed E-state index contributed by atoms with van der Waals surface area (Å²) in [5.41, 5.74) is 5.07. The van der Waals surface area contributed by atoms with Gasteiger partial charge in [0.1, 0.15) is 5.82 Å². The number of aryl methyl sites for hydroxylation is 2. The van der Waals surface area contributed by atoms with Crippen molar-refractivity contribution >= 4 is 10.0 Å². The molecule has 110 valence electrons. The molecule has 0 spiro atoms. The second kappa shape index (κ2) is 5.60. The van der Waals surface area contributed by atoms with Crippen LogP contribution < -0.4 is 10.5 Å². The zero-order chi connectivity index (χ0) is 14.8. The number of nitrogens with two attached hydrogens (primary N) is 1. The minimum atomic E-state index is -3.64. The summed E-state index contributed by atoms with van der Waals surface area (Å²) in [5, 5.41) is 0.0379. The molecule has 1 aromatic heterocycles. The predicted molar refractivity (Wildman–Crippen MR) is 75.2 cm³/mol. The van der Waals surface area contributed by atoms with Crippen LogP contribution >= 0.6 is 0 Å². The molecule has 0 saturated carbocycles. The topological polar surface area (TPSA) is 90.0 Å². The van der Waals surface area contributed by atoms with E-state index in [2.05, 4.69) is 9.71 Å². The van der Waals surface area contributed by atoms with Crippen LogP contribution in [0, 0.1) is 12.8 Å². The van der Waals surface area contributed by atoms with Gasteiger partial charge >= 0.3 is 0 Å². The molecule has 0 aliphatic heterocycles. The molecule has 1 rings (SSSR count). The second-order valence-electron chi connectivity index (χ2n) is 5.71. The third kappa shape index (κ3) is 4.02. The minimum absolute atomic E-state index is 0.0379. The van der Waals surface area contributed by atoms with E-state index in [4.69, 9.17) is 5.73 Å². The largest absolute Gasteiger partial charge is 0.337 e. The highest BCUT2D eigenvalue weighted by molar-refractivity contribution is 7.89. The number of hydrogen-bond acceptors (Lipinski definition) is 4. The standard InChI is InChI=1S/C12H24N4O2S/c1-9(2)6-12(4,8-13)15-19(17,18)11-7-16(5)10(3)14-11/h7,9,15H,6,8,13H2,1-5H3. The Kier molecular flexibility index (Phi) is 4.76. The van der Waals surface area contributed by atoms with Crippen molar-refractivity contribution in [1.29, 1.82) is 0 Å². The van der Waals surface area contributed by atoms with E-state index in [9.17, 15) is 8.42 Å². The fourth-order valence-electron chi connectivity index (χ4n) is 2.10. The maximum Gasteiger partial charge on any atom is 0.260 e. The molecule has 0 aromatic carbocycles. The van der Waals surface area contributed by atoms with E-state index in [1.54, 1.807) is 18.5 Å². The Labute approximate surface area is 115 Å². The Hall–Kier alpha value is -0.920. The number of nitrogens with one attached hydrogen (secondary N) is 1. The lowest BCUT2D eigenvalue weighted by Gasteiger charge is -2.30. The van der Waals surface area contributed by atoms with Gasteiger partial charge in [0.25, 0.3) is 10.0 Å². The van der Waals surface area contributed by atoms with Gasteiger partial charge in [-0.1, -0.05) is 13.8 Å². The molecule has 0 fully saturated rings. The van der Waals surface area contributed by atoms with Crippen LogP contribution in [0.15, 0.2) is 11.2 Å². The molecule has 1 atom stereocenters. The van der Waals surface area contributed by atoms with Gasteiger partial charge < -0.3 is 10.3 Å². The molecule has 1 aromatic rings. The third-order valence-corrected chi connectivity index (χ3v) is 4.56. The first kappa shape index (κ1) is 16.1. The van der Waals surface area contributed by atoms with Crippen molar-refractivity contribution in [2.24, 2.45) is 18.7 Å². The summed E-state index contributed by atoms with van der Waals surface area (Å²) in [7, 11) is -1.88. The van der Waals surface area contributed by atoms with E-state index in [0.717, 1.165) is 0 Å². The average Bonchev–Trinajstić information content (AvgIpc) is 2.58. The fraction of sp³-hybridized carbons (Fsp3) is 0.750. The van der Waals surface area contributed by atoms with Gasteiger partial charge in [0, 0.05) is 25.3 Å². The molecular weight excluding hydrogens is 264 g/mol. The van der Waals surface area contributed by atoms with Crippen molar-refractivity contribution in [3.8, 4) is 0 Å². The summed E-state index contributed by atoms with van der Waals surface area (Å²) >= 11 is 0. The summed E-state index contributed by atoms with van der Waals surface area (Å²) in [6.45, 7) is 7.89. The molecule has 1 heterocycles. The van der Waals surface area contributed by atoms with Crippen LogP contribution in [0.5, 0.6) is 0 Å². The van der Waals surface area contributed by atoms with Gasteiger partial charge in [-0.15, -0.1) is 0 Å². The molecule has 19 heavy (non-hydrogen) atoms. The number of rotatable bonds is 6. The van der Waals surface area contributed by atoms with Crippen molar-refractivity contribution in [3.63, 3.8) is 0 Å². The zero-order valence-electron chi connectivity index (χ0n) is 12.3. The van der Waals surface area contributed by atoms with E-state index in [1.807, 2.05) is 20.8 Å². The lowest BCUT2D eigenvalue weighted by atomic mass is 9.92. The van der Waals surface area contributed by atoms with Crippen LogP contribution in [0.2, 0.25) is 0 Å². The van der Waals surface area contributed by atoms with Gasteiger partial charge in [0.05, 0.1) is 0 Å². The molecular formula is C12H24N4O2S. The van der Waals surface area contributed by atoms with Gasteiger partial charge in [-0.3, -0.25) is 0 Å². The minimum Gasteiger partial charge on any atom is -0.337 e. The molecule has 0 saturated heterocycles. The van der Waals surface area contributed by atoms with Crippen LogP contribution in [0.3, 0.4) is 0 Å². The van der Waals surface area contributed by atoms with Gasteiger partial charge in [0.15, 0.2) is 5.03 Å². The van der Waals surface area contributed by atoms with Crippen molar-refractivity contribution in [3.05, 3.63) is 12.0 Å². The third-order valence-electron chi connectivity index (χ3n) is 3.05. The molecule has 0 radical (unpaired) electrons. The Morgan fingerprint density at radius 2 is 2.11 bits per heavy atom. The molecule has 1 unspecified atom stereocenters. The summed E-state index contributed by atoms with van der Waals surface area (Å²) in [6.07, 6.45) is 2.18. The maximum absolute atomic E-state index is 12.3. The summed E-state index contributed by atoms with van der Waals surface area (Å²) < 4.78 is 29.0.